The summed E-state index contributed by atoms with van der Waals surface area (Å²) in [7, 11) is 0. The Morgan fingerprint density at radius 1 is 1.33 bits per heavy atom. The highest BCUT2D eigenvalue weighted by atomic mass is 32.2. The predicted molar refractivity (Wildman–Crippen MR) is 77.5 cm³/mol. The fourth-order valence-corrected chi connectivity index (χ4v) is 3.64. The Morgan fingerprint density at radius 3 is 2.78 bits per heavy atom. The SMILES string of the molecule is CCc1nc(CSC2CCCCC2)ncc1CN. The molecule has 2 rings (SSSR count). The molecule has 0 unspecified atom stereocenters. The van der Waals surface area contributed by atoms with Gasteiger partial charge in [0.1, 0.15) is 5.82 Å². The van der Waals surface area contributed by atoms with Crippen LogP contribution in [-0.4, -0.2) is 15.2 Å². The van der Waals surface area contributed by atoms with Crippen LogP contribution in [0.5, 0.6) is 0 Å². The van der Waals surface area contributed by atoms with E-state index in [0.717, 1.165) is 34.5 Å². The number of aryl methyl sites for hydroxylation is 1. The number of nitrogens with zero attached hydrogens (tertiary/aromatic N) is 2. The van der Waals surface area contributed by atoms with E-state index < -0.39 is 0 Å². The molecule has 3 nitrogen and oxygen atoms in total. The number of hydrogen-bond acceptors (Lipinski definition) is 4. The average molecular weight is 265 g/mol. The number of thioether (sulfide) groups is 1. The molecule has 100 valence electrons. The van der Waals surface area contributed by atoms with Gasteiger partial charge >= 0.3 is 0 Å². The van der Waals surface area contributed by atoms with Gasteiger partial charge in [0.25, 0.3) is 0 Å². The third-order valence-electron chi connectivity index (χ3n) is 3.56. The van der Waals surface area contributed by atoms with E-state index in [2.05, 4.69) is 16.9 Å². The minimum absolute atomic E-state index is 0.541. The maximum absolute atomic E-state index is 5.68. The molecule has 0 saturated heterocycles. The molecular formula is C14H23N3S. The van der Waals surface area contributed by atoms with Crippen molar-refractivity contribution in [2.24, 2.45) is 5.73 Å². The van der Waals surface area contributed by atoms with Gasteiger partial charge in [-0.25, -0.2) is 9.97 Å². The minimum atomic E-state index is 0.541. The first-order valence-corrected chi connectivity index (χ1v) is 8.03. The number of aromatic nitrogens is 2. The molecule has 0 spiro atoms. The molecule has 2 N–H and O–H groups in total. The molecule has 4 heteroatoms. The molecule has 1 saturated carbocycles. The van der Waals surface area contributed by atoms with Crippen molar-refractivity contribution < 1.29 is 0 Å². The molecule has 1 aliphatic rings. The largest absolute Gasteiger partial charge is 0.326 e. The summed E-state index contributed by atoms with van der Waals surface area (Å²) >= 11 is 2.03. The van der Waals surface area contributed by atoms with E-state index in [0.29, 0.717) is 6.54 Å². The Bertz CT molecular complexity index is 375. The molecule has 0 aromatic carbocycles. The normalized spacial score (nSPS) is 17.0. The lowest BCUT2D eigenvalue weighted by Crippen LogP contribution is -2.10. The Balaban J connectivity index is 1.92. The van der Waals surface area contributed by atoms with Crippen LogP contribution < -0.4 is 5.73 Å². The number of rotatable bonds is 5. The summed E-state index contributed by atoms with van der Waals surface area (Å²) in [4.78, 5) is 9.07. The summed E-state index contributed by atoms with van der Waals surface area (Å²) in [5, 5.41) is 0.821. The third kappa shape index (κ3) is 3.69. The molecule has 0 amide bonds. The van der Waals surface area contributed by atoms with Crippen molar-refractivity contribution in [1.82, 2.24) is 9.97 Å². The van der Waals surface area contributed by atoms with E-state index >= 15 is 0 Å². The zero-order chi connectivity index (χ0) is 12.8. The highest BCUT2D eigenvalue weighted by molar-refractivity contribution is 7.99. The Labute approximate surface area is 114 Å². The van der Waals surface area contributed by atoms with E-state index in [1.807, 2.05) is 18.0 Å². The van der Waals surface area contributed by atoms with Crippen molar-refractivity contribution in [3.05, 3.63) is 23.3 Å². The van der Waals surface area contributed by atoms with Crippen LogP contribution in [0.15, 0.2) is 6.20 Å². The zero-order valence-electron chi connectivity index (χ0n) is 11.2. The van der Waals surface area contributed by atoms with E-state index in [9.17, 15) is 0 Å². The van der Waals surface area contributed by atoms with Gasteiger partial charge in [-0.05, 0) is 19.3 Å². The number of nitrogens with two attached hydrogens (primary N) is 1. The van der Waals surface area contributed by atoms with Crippen LogP contribution in [-0.2, 0) is 18.7 Å². The van der Waals surface area contributed by atoms with Crippen LogP contribution in [0.2, 0.25) is 0 Å². The Hall–Kier alpha value is -0.610. The smallest absolute Gasteiger partial charge is 0.138 e. The second-order valence-electron chi connectivity index (χ2n) is 4.89. The van der Waals surface area contributed by atoms with Crippen LogP contribution in [0.1, 0.15) is 56.1 Å². The first-order valence-electron chi connectivity index (χ1n) is 6.98. The maximum atomic E-state index is 5.68. The lowest BCUT2D eigenvalue weighted by Gasteiger charge is -2.20. The van der Waals surface area contributed by atoms with Gasteiger partial charge < -0.3 is 5.73 Å². The van der Waals surface area contributed by atoms with E-state index in [1.54, 1.807) is 0 Å². The van der Waals surface area contributed by atoms with Crippen molar-refractivity contribution in [3.63, 3.8) is 0 Å². The van der Waals surface area contributed by atoms with Crippen molar-refractivity contribution in [2.45, 2.75) is 63.0 Å². The molecule has 18 heavy (non-hydrogen) atoms. The summed E-state index contributed by atoms with van der Waals surface area (Å²) in [5.41, 5.74) is 7.89. The molecular weight excluding hydrogens is 242 g/mol. The lowest BCUT2D eigenvalue weighted by atomic mass is 10.0. The first-order chi connectivity index (χ1) is 8.83. The second-order valence-corrected chi connectivity index (χ2v) is 6.18. The van der Waals surface area contributed by atoms with Gasteiger partial charge in [0.15, 0.2) is 0 Å². The van der Waals surface area contributed by atoms with Gasteiger partial charge in [0, 0.05) is 29.2 Å². The summed E-state index contributed by atoms with van der Waals surface area (Å²) < 4.78 is 0. The van der Waals surface area contributed by atoms with E-state index in [4.69, 9.17) is 5.73 Å². The van der Waals surface area contributed by atoms with Crippen LogP contribution in [0.4, 0.5) is 0 Å². The summed E-state index contributed by atoms with van der Waals surface area (Å²) in [6, 6.07) is 0. The van der Waals surface area contributed by atoms with Gasteiger partial charge in [-0.15, -0.1) is 0 Å². The Morgan fingerprint density at radius 2 is 2.11 bits per heavy atom. The molecule has 1 aromatic rings. The number of hydrogen-bond donors (Lipinski definition) is 1. The van der Waals surface area contributed by atoms with Crippen LogP contribution in [0.25, 0.3) is 0 Å². The topological polar surface area (TPSA) is 51.8 Å². The monoisotopic (exact) mass is 265 g/mol. The Kier molecular flexibility index (Phi) is 5.45. The highest BCUT2D eigenvalue weighted by Crippen LogP contribution is 2.29. The summed E-state index contributed by atoms with van der Waals surface area (Å²) in [5.74, 6) is 1.92. The molecule has 1 aliphatic carbocycles. The minimum Gasteiger partial charge on any atom is -0.326 e. The molecule has 0 radical (unpaired) electrons. The lowest BCUT2D eigenvalue weighted by molar-refractivity contribution is 0.516. The van der Waals surface area contributed by atoms with E-state index in [-0.39, 0.29) is 0 Å². The summed E-state index contributed by atoms with van der Waals surface area (Å²) in [6.07, 6.45) is 9.78. The standard InChI is InChI=1S/C14H23N3S/c1-2-13-11(8-15)9-16-14(17-13)10-18-12-6-4-3-5-7-12/h9,12H,2-8,10,15H2,1H3. The fourth-order valence-electron chi connectivity index (χ4n) is 2.45. The fraction of sp³-hybridized carbons (Fsp3) is 0.714. The van der Waals surface area contributed by atoms with Crippen molar-refractivity contribution in [2.75, 3.05) is 0 Å². The molecule has 1 aromatic heterocycles. The molecule has 1 fully saturated rings. The predicted octanol–water partition coefficient (Wildman–Crippen LogP) is 3.06. The average Bonchev–Trinajstić information content (AvgIpc) is 2.45. The highest BCUT2D eigenvalue weighted by Gasteiger charge is 2.14. The van der Waals surface area contributed by atoms with Crippen molar-refractivity contribution in [1.29, 1.82) is 0 Å². The first kappa shape index (κ1) is 13.8. The maximum Gasteiger partial charge on any atom is 0.138 e. The summed E-state index contributed by atoms with van der Waals surface area (Å²) in [6.45, 7) is 2.67. The van der Waals surface area contributed by atoms with Gasteiger partial charge in [-0.3, -0.25) is 0 Å². The quantitative estimate of drug-likeness (QED) is 0.889. The zero-order valence-corrected chi connectivity index (χ0v) is 12.0. The van der Waals surface area contributed by atoms with Gasteiger partial charge in [-0.1, -0.05) is 26.2 Å². The van der Waals surface area contributed by atoms with Crippen LogP contribution in [0.3, 0.4) is 0 Å². The molecule has 0 atom stereocenters. The van der Waals surface area contributed by atoms with Crippen molar-refractivity contribution in [3.8, 4) is 0 Å². The molecule has 0 aliphatic heterocycles. The van der Waals surface area contributed by atoms with E-state index in [1.165, 1.54) is 32.1 Å². The van der Waals surface area contributed by atoms with Gasteiger partial charge in [0.05, 0.1) is 5.75 Å². The molecule has 1 heterocycles. The second kappa shape index (κ2) is 7.10. The van der Waals surface area contributed by atoms with Crippen LogP contribution in [0, 0.1) is 0 Å². The van der Waals surface area contributed by atoms with Gasteiger partial charge in [0.2, 0.25) is 0 Å². The van der Waals surface area contributed by atoms with Gasteiger partial charge in [-0.2, -0.15) is 11.8 Å². The molecule has 0 bridgehead atoms. The van der Waals surface area contributed by atoms with Crippen LogP contribution >= 0.6 is 11.8 Å². The third-order valence-corrected chi connectivity index (χ3v) is 4.93. The van der Waals surface area contributed by atoms with Crippen molar-refractivity contribution >= 4 is 11.8 Å².